The number of alkyl halides is 3. The lowest BCUT2D eigenvalue weighted by Crippen LogP contribution is -2.65. The van der Waals surface area contributed by atoms with E-state index in [0.29, 0.717) is 58.0 Å². The zero-order chi connectivity index (χ0) is 79.1. The number of piperidine rings is 1. The molecule has 1 aromatic heterocycles. The molecule has 0 radical (unpaired) electrons. The van der Waals surface area contributed by atoms with Gasteiger partial charge in [-0.05, 0) is 134 Å². The zero-order valence-corrected chi connectivity index (χ0v) is 66.6. The van der Waals surface area contributed by atoms with Crippen LogP contribution < -0.4 is 16.0 Å². The van der Waals surface area contributed by atoms with Gasteiger partial charge in [0.05, 0.1) is 49.4 Å². The number of halogens is 4. The van der Waals surface area contributed by atoms with Gasteiger partial charge in [0.15, 0.2) is 0 Å². The number of thiophene rings is 1. The Morgan fingerprint density at radius 1 is 0.667 bits per heavy atom. The van der Waals surface area contributed by atoms with Crippen LogP contribution in [0.1, 0.15) is 192 Å². The fraction of sp³-hybridized carbons (Fsp3) is 0.718. The minimum absolute atomic E-state index is 0.000468. The molecule has 3 saturated heterocycles. The van der Waals surface area contributed by atoms with Gasteiger partial charge in [-0.15, -0.1) is 0 Å². The van der Waals surface area contributed by atoms with E-state index >= 15 is 33.6 Å². The highest BCUT2D eigenvalue weighted by atomic mass is 35.5. The van der Waals surface area contributed by atoms with Gasteiger partial charge in [0.1, 0.15) is 47.8 Å². The molecule has 25 nitrogen and oxygen atoms in total. The summed E-state index contributed by atoms with van der Waals surface area (Å²) in [7, 11) is 10.0. The van der Waals surface area contributed by atoms with Gasteiger partial charge < -0.3 is 64.8 Å². The van der Waals surface area contributed by atoms with E-state index in [1.807, 2.05) is 37.6 Å². The molecule has 12 amide bonds. The van der Waals surface area contributed by atoms with Gasteiger partial charge in [-0.3, -0.25) is 57.5 Å². The Bertz CT molecular complexity index is 3490. The van der Waals surface area contributed by atoms with Crippen molar-refractivity contribution < 1.29 is 75.4 Å². The van der Waals surface area contributed by atoms with Crippen molar-refractivity contribution in [3.63, 3.8) is 0 Å². The molecule has 6 aliphatic rings. The van der Waals surface area contributed by atoms with Crippen LogP contribution in [-0.4, -0.2) is 258 Å². The average Bonchev–Trinajstić information content (AvgIpc) is 1.51. The molecule has 8 rings (SSSR count). The van der Waals surface area contributed by atoms with Gasteiger partial charge in [0.2, 0.25) is 70.9 Å². The molecule has 6 fully saturated rings. The molecule has 3 aliphatic carbocycles. The van der Waals surface area contributed by atoms with Crippen molar-refractivity contribution in [2.45, 2.75) is 249 Å². The second-order valence-electron chi connectivity index (χ2n) is 31.8. The van der Waals surface area contributed by atoms with Crippen molar-refractivity contribution in [1.29, 1.82) is 0 Å². The number of benzene rings is 1. The number of hydrogen-bond donors (Lipinski definition) is 3. The van der Waals surface area contributed by atoms with Gasteiger partial charge in [0.25, 0.3) is 0 Å². The molecule has 0 bridgehead atoms. The van der Waals surface area contributed by atoms with Crippen LogP contribution >= 0.6 is 22.9 Å². The summed E-state index contributed by atoms with van der Waals surface area (Å²) in [5, 5.41) is 12.0. The van der Waals surface area contributed by atoms with Gasteiger partial charge in [0, 0.05) is 75.4 Å². The highest BCUT2D eigenvalue weighted by molar-refractivity contribution is 7.07. The van der Waals surface area contributed by atoms with Crippen LogP contribution in [0.4, 0.5) is 13.2 Å². The molecule has 3 N–H and O–H groups in total. The Morgan fingerprint density at radius 2 is 1.29 bits per heavy atom. The number of likely N-dealkylation sites (tertiary alicyclic amines) is 1. The summed E-state index contributed by atoms with van der Waals surface area (Å²) in [5.74, 6) is -9.05. The van der Waals surface area contributed by atoms with Gasteiger partial charge in [-0.25, -0.2) is 0 Å². The molecular formula is C78H116ClF3N12O13S. The minimum atomic E-state index is -4.78. The number of amides is 12. The van der Waals surface area contributed by atoms with Gasteiger partial charge in [-0.2, -0.15) is 24.5 Å². The second-order valence-corrected chi connectivity index (χ2v) is 33.0. The number of rotatable bonds is 14. The highest BCUT2D eigenvalue weighted by Gasteiger charge is 2.52. The zero-order valence-electron chi connectivity index (χ0n) is 65.1. The summed E-state index contributed by atoms with van der Waals surface area (Å²) in [6.45, 7) is 6.25. The maximum absolute atomic E-state index is 16.0. The molecule has 600 valence electrons. The summed E-state index contributed by atoms with van der Waals surface area (Å²) in [4.78, 5) is 194. The summed E-state index contributed by atoms with van der Waals surface area (Å²) in [6, 6.07) is -4.04. The van der Waals surface area contributed by atoms with Gasteiger partial charge >= 0.3 is 6.18 Å². The van der Waals surface area contributed by atoms with E-state index in [9.17, 15) is 37.1 Å². The van der Waals surface area contributed by atoms with Crippen LogP contribution in [-0.2, 0) is 81.5 Å². The molecule has 1 spiro atoms. The Hall–Kier alpha value is -7.40. The fourth-order valence-electron chi connectivity index (χ4n) is 16.5. The second kappa shape index (κ2) is 39.0. The standard InChI is InChI=1S/C78H116ClF3N12O13S/c1-12-50(4)67-74(104)88(7)45-65(97)86(5)46-66(98)90(9)61(40-51-24-16-13-17-25-51)72(102)87(6)44-63(95)83-58(31-29-52-28-30-56(57(79)39-52)78(80,81)82)71(101)94-43-55(107-47-53-32-37-108-48-53)41-60(94)70(100)85-77(33-20-21-34-77)76(106)92(11)68(54-26-18-14-19-27-54)75(105)91(10)62(73(103)93-35-22-15-23-36-93)42-64(96)89(8)59(38-49(2)3)69(99)84-67/h28,30,32,37,39,48-51,54-55,58-62,67-68H,12-27,29,31,33-36,38,40-47H2,1-11H3,(H,83,95)(H,84,99)(H,85,100)/t50-,55+,58-,59-,60-,61-,62-,67-,68-/m0/s1. The Balaban J connectivity index is 1.21. The first-order valence-corrected chi connectivity index (χ1v) is 40.2. The molecular weight excluding hydrogens is 1440 g/mol. The molecule has 4 heterocycles. The SMILES string of the molecule is CC[C@H](C)[C@@H]1NC(=O)[C@H](CC(C)C)N(C)C(=O)C[C@@H](C(=O)N2CCCCC2)N(C)C(=O)[C@H](C2CCCCC2)N(C)C(=O)C2(CCCC2)NC(=O)[C@@H]2C[C@@H](OCc3ccsc3)CN2C(=O)[C@H](CCc2ccc(C(F)(F)F)c(Cl)c2)NC(=O)CN(C)C(=O)[C@H](CC2CCCCC2)N(C)C(=O)CN(C)C(=O)CN(C)C1=O. The van der Waals surface area contributed by atoms with E-state index < -0.39 is 179 Å². The molecule has 0 unspecified atom stereocenters. The first kappa shape index (κ1) is 86.2. The molecule has 9 atom stereocenters. The fourth-order valence-corrected chi connectivity index (χ4v) is 17.5. The monoisotopic (exact) mass is 1550 g/mol. The third kappa shape index (κ3) is 22.0. The number of carbonyl (C=O) groups is 12. The van der Waals surface area contributed by atoms with E-state index in [1.54, 1.807) is 11.8 Å². The van der Waals surface area contributed by atoms with Crippen LogP contribution in [0.2, 0.25) is 5.02 Å². The van der Waals surface area contributed by atoms with Crippen molar-refractivity contribution in [1.82, 2.24) is 60.0 Å². The van der Waals surface area contributed by atoms with E-state index in [2.05, 4.69) is 16.0 Å². The van der Waals surface area contributed by atoms with Crippen LogP contribution in [0.3, 0.4) is 0 Å². The molecule has 3 aliphatic heterocycles. The van der Waals surface area contributed by atoms with E-state index in [0.717, 1.165) is 90.2 Å². The number of nitrogens with one attached hydrogen (secondary N) is 3. The molecule has 30 heteroatoms. The topological polar surface area (TPSA) is 279 Å². The summed E-state index contributed by atoms with van der Waals surface area (Å²) in [6.07, 6.45) is 5.25. The number of aryl methyl sites for hydroxylation is 1. The lowest BCUT2D eigenvalue weighted by Gasteiger charge is -2.43. The normalized spacial score (nSPS) is 26.5. The predicted octanol–water partition coefficient (Wildman–Crippen LogP) is 7.68. The smallest absolute Gasteiger partial charge is 0.372 e. The summed E-state index contributed by atoms with van der Waals surface area (Å²) in [5.41, 5.74) is -1.63. The summed E-state index contributed by atoms with van der Waals surface area (Å²) < 4.78 is 48.6. The molecule has 3 saturated carbocycles. The van der Waals surface area contributed by atoms with Crippen molar-refractivity contribution >= 4 is 93.8 Å². The quantitative estimate of drug-likeness (QED) is 0.164. The summed E-state index contributed by atoms with van der Waals surface area (Å²) >= 11 is 7.68. The van der Waals surface area contributed by atoms with Crippen LogP contribution in [0.25, 0.3) is 0 Å². The number of likely N-dealkylation sites (N-methyl/N-ethyl adjacent to an activating group) is 7. The van der Waals surface area contributed by atoms with Crippen LogP contribution in [0, 0.1) is 23.7 Å². The largest absolute Gasteiger partial charge is 0.417 e. The average molecular weight is 1550 g/mol. The van der Waals surface area contributed by atoms with E-state index in [1.165, 1.54) is 91.2 Å². The minimum Gasteiger partial charge on any atom is -0.372 e. The van der Waals surface area contributed by atoms with Crippen LogP contribution in [0.5, 0.6) is 0 Å². The highest BCUT2D eigenvalue weighted by Crippen LogP contribution is 2.39. The van der Waals surface area contributed by atoms with Crippen molar-refractivity contribution in [3.05, 3.63) is 56.7 Å². The lowest BCUT2D eigenvalue weighted by atomic mass is 9.81. The Kier molecular flexibility index (Phi) is 31.1. The first-order chi connectivity index (χ1) is 51.1. The molecule has 1 aromatic carbocycles. The number of carbonyl (C=O) groups excluding carboxylic acids is 12. The number of ether oxygens (including phenoxy) is 1. The van der Waals surface area contributed by atoms with E-state index in [-0.39, 0.29) is 75.5 Å². The lowest BCUT2D eigenvalue weighted by molar-refractivity contribution is -0.157. The first-order valence-electron chi connectivity index (χ1n) is 38.9. The number of fused-ring (bicyclic) bond motifs is 1. The number of hydrogen-bond acceptors (Lipinski definition) is 14. The van der Waals surface area contributed by atoms with Crippen molar-refractivity contribution in [2.75, 3.05) is 88.6 Å². The Labute approximate surface area is 643 Å². The van der Waals surface area contributed by atoms with Crippen molar-refractivity contribution in [3.8, 4) is 0 Å². The third-order valence-corrected chi connectivity index (χ3v) is 24.5. The van der Waals surface area contributed by atoms with Gasteiger partial charge in [-0.1, -0.05) is 116 Å². The predicted molar refractivity (Wildman–Crippen MR) is 402 cm³/mol. The van der Waals surface area contributed by atoms with E-state index in [4.69, 9.17) is 16.3 Å². The maximum Gasteiger partial charge on any atom is 0.417 e. The maximum atomic E-state index is 16.0. The number of nitrogens with zero attached hydrogens (tertiary/aromatic N) is 9. The molecule has 108 heavy (non-hydrogen) atoms. The molecule has 2 aromatic rings. The Morgan fingerprint density at radius 3 is 1.90 bits per heavy atom. The van der Waals surface area contributed by atoms with Crippen LogP contribution in [0.15, 0.2) is 35.0 Å². The third-order valence-electron chi connectivity index (χ3n) is 23.4. The van der Waals surface area contributed by atoms with Crippen molar-refractivity contribution in [2.24, 2.45) is 23.7 Å².